The number of amides is 1. The van der Waals surface area contributed by atoms with Gasteiger partial charge in [-0.1, -0.05) is 0 Å². The van der Waals surface area contributed by atoms with E-state index in [0.717, 1.165) is 23.1 Å². The van der Waals surface area contributed by atoms with Crippen LogP contribution >= 0.6 is 0 Å². The van der Waals surface area contributed by atoms with Crippen LogP contribution in [0.15, 0.2) is 46.0 Å². The Morgan fingerprint density at radius 1 is 1.36 bits per heavy atom. The fourth-order valence-corrected chi connectivity index (χ4v) is 3.15. The Balaban J connectivity index is 1.61. The molecule has 1 amide bonds. The molecule has 0 radical (unpaired) electrons. The molecule has 25 heavy (non-hydrogen) atoms. The Bertz CT molecular complexity index is 948. The van der Waals surface area contributed by atoms with Crippen molar-refractivity contribution < 1.29 is 9.21 Å². The van der Waals surface area contributed by atoms with Gasteiger partial charge in [0.25, 0.3) is 5.91 Å². The quantitative estimate of drug-likeness (QED) is 0.750. The van der Waals surface area contributed by atoms with E-state index in [1.807, 2.05) is 19.1 Å². The highest BCUT2D eigenvalue weighted by Crippen LogP contribution is 2.31. The van der Waals surface area contributed by atoms with Crippen molar-refractivity contribution in [3.8, 4) is 0 Å². The van der Waals surface area contributed by atoms with Gasteiger partial charge in [0, 0.05) is 30.8 Å². The third-order valence-electron chi connectivity index (χ3n) is 4.78. The number of carbonyl (C=O) groups excluding carboxylic acids is 1. The van der Waals surface area contributed by atoms with Gasteiger partial charge in [-0.3, -0.25) is 9.36 Å². The molecule has 0 bridgehead atoms. The van der Waals surface area contributed by atoms with Crippen LogP contribution in [0.2, 0.25) is 0 Å². The second-order valence-electron chi connectivity index (χ2n) is 6.67. The third-order valence-corrected chi connectivity index (χ3v) is 4.78. The molecular weight excluding hydrogens is 318 g/mol. The number of aromatic nitrogens is 2. The second-order valence-corrected chi connectivity index (χ2v) is 6.67. The highest BCUT2D eigenvalue weighted by atomic mass is 16.3. The van der Waals surface area contributed by atoms with Crippen LogP contribution in [0.5, 0.6) is 0 Å². The van der Waals surface area contributed by atoms with Gasteiger partial charge < -0.3 is 14.3 Å². The van der Waals surface area contributed by atoms with Crippen molar-refractivity contribution in [2.45, 2.75) is 32.9 Å². The maximum Gasteiger partial charge on any atom is 0.326 e. The topological polar surface area (TPSA) is 71.2 Å². The lowest BCUT2D eigenvalue weighted by atomic mass is 10.1. The van der Waals surface area contributed by atoms with Gasteiger partial charge in [-0.2, -0.15) is 0 Å². The number of nitrogens with zero attached hydrogens (tertiary/aromatic N) is 2. The van der Waals surface area contributed by atoms with E-state index in [1.54, 1.807) is 34.1 Å². The van der Waals surface area contributed by atoms with Crippen molar-refractivity contribution in [3.63, 3.8) is 0 Å². The molecule has 6 nitrogen and oxygen atoms in total. The summed E-state index contributed by atoms with van der Waals surface area (Å²) in [5.74, 6) is 0.560. The number of fused-ring (bicyclic) bond motifs is 1. The molecule has 4 rings (SSSR count). The van der Waals surface area contributed by atoms with E-state index in [-0.39, 0.29) is 11.6 Å². The lowest BCUT2D eigenvalue weighted by molar-refractivity contribution is 0.0752. The van der Waals surface area contributed by atoms with Gasteiger partial charge in [-0.05, 0) is 49.9 Å². The monoisotopic (exact) mass is 339 g/mol. The van der Waals surface area contributed by atoms with Crippen molar-refractivity contribution in [1.82, 2.24) is 14.5 Å². The van der Waals surface area contributed by atoms with Crippen molar-refractivity contribution in [2.75, 3.05) is 6.54 Å². The molecule has 1 fully saturated rings. The molecular formula is C19H21N3O3. The molecule has 2 heterocycles. The summed E-state index contributed by atoms with van der Waals surface area (Å²) in [4.78, 5) is 29.6. The third kappa shape index (κ3) is 3.12. The Morgan fingerprint density at radius 2 is 2.20 bits per heavy atom. The van der Waals surface area contributed by atoms with E-state index in [0.29, 0.717) is 24.6 Å². The number of hydrogen-bond acceptors (Lipinski definition) is 3. The van der Waals surface area contributed by atoms with Gasteiger partial charge in [-0.15, -0.1) is 0 Å². The molecule has 0 aliphatic heterocycles. The van der Waals surface area contributed by atoms with E-state index < -0.39 is 0 Å². The lowest BCUT2D eigenvalue weighted by Gasteiger charge is -2.20. The van der Waals surface area contributed by atoms with E-state index in [9.17, 15) is 9.59 Å². The highest BCUT2D eigenvalue weighted by Gasteiger charge is 2.24. The molecule has 2 aromatic heterocycles. The van der Waals surface area contributed by atoms with Gasteiger partial charge in [0.15, 0.2) is 0 Å². The minimum atomic E-state index is -0.0998. The van der Waals surface area contributed by atoms with Crippen LogP contribution in [-0.4, -0.2) is 26.9 Å². The number of furan rings is 1. The number of aromatic amines is 1. The predicted octanol–water partition coefficient (Wildman–Crippen LogP) is 2.99. The van der Waals surface area contributed by atoms with Crippen LogP contribution in [0.25, 0.3) is 11.0 Å². The summed E-state index contributed by atoms with van der Waals surface area (Å²) in [6, 6.07) is 7.31. The average molecular weight is 339 g/mol. The number of carbonyl (C=O) groups is 1. The zero-order valence-electron chi connectivity index (χ0n) is 14.2. The zero-order valence-corrected chi connectivity index (χ0v) is 14.2. The fraction of sp³-hybridized carbons (Fsp3) is 0.368. The first kappa shape index (κ1) is 15.7. The van der Waals surface area contributed by atoms with Crippen LogP contribution in [0.4, 0.5) is 0 Å². The Labute approximate surface area is 145 Å². The molecule has 6 heteroatoms. The molecule has 1 N–H and O–H groups in total. The molecule has 1 aromatic carbocycles. The lowest BCUT2D eigenvalue weighted by Crippen LogP contribution is -2.30. The van der Waals surface area contributed by atoms with Crippen molar-refractivity contribution in [2.24, 2.45) is 5.92 Å². The number of imidazole rings is 1. The first-order valence-corrected chi connectivity index (χ1v) is 8.68. The highest BCUT2D eigenvalue weighted by molar-refractivity contribution is 5.97. The van der Waals surface area contributed by atoms with E-state index in [1.165, 1.54) is 12.8 Å². The van der Waals surface area contributed by atoms with Gasteiger partial charge in [0.05, 0.1) is 23.6 Å². The average Bonchev–Trinajstić information content (AvgIpc) is 3.18. The van der Waals surface area contributed by atoms with Crippen LogP contribution in [-0.2, 0) is 13.1 Å². The molecule has 0 saturated heterocycles. The summed E-state index contributed by atoms with van der Waals surface area (Å²) >= 11 is 0. The molecule has 1 aliphatic rings. The summed E-state index contributed by atoms with van der Waals surface area (Å²) in [6.07, 6.45) is 5.63. The number of nitrogens with one attached hydrogen (secondary N) is 1. The van der Waals surface area contributed by atoms with Crippen LogP contribution in [0, 0.1) is 5.92 Å². The Hall–Kier alpha value is -2.76. The van der Waals surface area contributed by atoms with Crippen LogP contribution in [0.3, 0.4) is 0 Å². The van der Waals surface area contributed by atoms with E-state index in [2.05, 4.69) is 4.98 Å². The van der Waals surface area contributed by atoms with Gasteiger partial charge >= 0.3 is 5.69 Å². The summed E-state index contributed by atoms with van der Waals surface area (Å²) in [5.41, 5.74) is 3.03. The first-order chi connectivity index (χ1) is 12.2. The number of benzene rings is 1. The summed E-state index contributed by atoms with van der Waals surface area (Å²) in [6.45, 7) is 3.81. The fourth-order valence-electron chi connectivity index (χ4n) is 3.15. The molecule has 1 saturated carbocycles. The maximum absolute atomic E-state index is 12.8. The van der Waals surface area contributed by atoms with Crippen LogP contribution < -0.4 is 5.69 Å². The van der Waals surface area contributed by atoms with Crippen molar-refractivity contribution in [1.29, 1.82) is 0 Å². The first-order valence-electron chi connectivity index (χ1n) is 8.68. The largest absolute Gasteiger partial charge is 0.472 e. The van der Waals surface area contributed by atoms with E-state index >= 15 is 0 Å². The maximum atomic E-state index is 12.8. The van der Waals surface area contributed by atoms with Gasteiger partial charge in [-0.25, -0.2) is 4.79 Å². The molecule has 0 spiro atoms. The van der Waals surface area contributed by atoms with Crippen molar-refractivity contribution in [3.05, 3.63) is 58.4 Å². The summed E-state index contributed by atoms with van der Waals surface area (Å²) in [7, 11) is 0. The number of rotatable bonds is 6. The second kappa shape index (κ2) is 6.27. The minimum absolute atomic E-state index is 0.0543. The zero-order chi connectivity index (χ0) is 17.4. The van der Waals surface area contributed by atoms with Crippen LogP contribution in [0.1, 0.15) is 35.7 Å². The molecule has 3 aromatic rings. The SMILES string of the molecule is CCN(Cc1ccoc1)C(=O)c1ccc2c(c1)[nH]c(=O)n2CC1CC1. The Morgan fingerprint density at radius 3 is 2.88 bits per heavy atom. The Kier molecular flexibility index (Phi) is 3.95. The predicted molar refractivity (Wildman–Crippen MR) is 94.4 cm³/mol. The van der Waals surface area contributed by atoms with Gasteiger partial charge in [0.1, 0.15) is 0 Å². The standard InChI is InChI=1S/C19H21N3O3/c1-2-21(10-14-7-8-25-12-14)18(23)15-5-6-17-16(9-15)20-19(24)22(17)11-13-3-4-13/h5-9,12-13H,2-4,10-11H2,1H3,(H,20,24). The minimum Gasteiger partial charge on any atom is -0.472 e. The van der Waals surface area contributed by atoms with Gasteiger partial charge in [0.2, 0.25) is 0 Å². The smallest absolute Gasteiger partial charge is 0.326 e. The summed E-state index contributed by atoms with van der Waals surface area (Å²) in [5, 5.41) is 0. The normalized spacial score (nSPS) is 14.1. The molecule has 130 valence electrons. The number of hydrogen-bond donors (Lipinski definition) is 1. The van der Waals surface area contributed by atoms with E-state index in [4.69, 9.17) is 4.42 Å². The molecule has 0 atom stereocenters. The van der Waals surface area contributed by atoms with Crippen molar-refractivity contribution >= 4 is 16.9 Å². The molecule has 1 aliphatic carbocycles. The molecule has 0 unspecified atom stereocenters. The number of H-pyrrole nitrogens is 1. The summed E-state index contributed by atoms with van der Waals surface area (Å²) < 4.78 is 6.86.